The summed E-state index contributed by atoms with van der Waals surface area (Å²) < 4.78 is 21.2. The first-order valence-electron chi connectivity index (χ1n) is 4.56. The maximum Gasteiger partial charge on any atom is 2.00 e. The minimum Gasteiger partial charge on any atom is -0.790 e. The molecule has 0 rings (SSSR count). The Hall–Kier alpha value is 3.33. The number of hydrogen-bond acceptors (Lipinski definition) is 12. The van der Waals surface area contributed by atoms with E-state index in [4.69, 9.17) is 0 Å². The number of aliphatic carboxylic acids is 2. The van der Waals surface area contributed by atoms with Crippen LogP contribution in [0.2, 0.25) is 0 Å². The number of carboxylic acid groups (broad SMARTS) is 2. The third kappa shape index (κ3) is 45.9. The number of phosphoric acid groups is 2. The topological polar surface area (TPSA) is 216 Å². The number of carbonyl (C=O) groups excluding carboxylic acids is 2. The van der Waals surface area contributed by atoms with Crippen LogP contribution in [0, 0.1) is 0 Å². The third-order valence-electron chi connectivity index (χ3n) is 1.10. The van der Waals surface area contributed by atoms with E-state index in [0.29, 0.717) is 11.5 Å². The van der Waals surface area contributed by atoms with Gasteiger partial charge in [0.15, 0.2) is 0 Å². The summed E-state index contributed by atoms with van der Waals surface area (Å²) in [5.74, 6) is -1.41. The van der Waals surface area contributed by atoms with Crippen LogP contribution in [0.25, 0.3) is 0 Å². The van der Waals surface area contributed by atoms with Crippen LogP contribution < -0.4 is 29.8 Å². The molecule has 0 heterocycles. The zero-order valence-corrected chi connectivity index (χ0v) is 21.0. The summed E-state index contributed by atoms with van der Waals surface area (Å²) in [5.41, 5.74) is 0. The molecule has 0 aromatic rings. The molecular weight excluding hydrogens is 462 g/mol. The van der Waals surface area contributed by atoms with Crippen molar-refractivity contribution in [3.63, 3.8) is 0 Å². The Morgan fingerprint density at radius 2 is 1.04 bits per heavy atom. The fourth-order valence-corrected chi connectivity index (χ4v) is 2.34. The van der Waals surface area contributed by atoms with Crippen LogP contribution in [0.15, 0.2) is 0 Å². The molecule has 0 aliphatic carbocycles. The van der Waals surface area contributed by atoms with E-state index in [1.165, 1.54) is 11.8 Å². The largest absolute Gasteiger partial charge is 2.00 e. The van der Waals surface area contributed by atoms with Crippen LogP contribution in [0.4, 0.5) is 0 Å². The molecule has 23 heavy (non-hydrogen) atoms. The van der Waals surface area contributed by atoms with Crippen molar-refractivity contribution in [2.24, 2.45) is 0 Å². The second-order valence-corrected chi connectivity index (χ2v) is 6.50. The monoisotopic (exact) mass is 470 g/mol. The summed E-state index contributed by atoms with van der Waals surface area (Å²) in [6, 6.07) is 0. The molecule has 0 aromatic carbocycles. The van der Waals surface area contributed by atoms with E-state index in [1.807, 2.05) is 0 Å². The summed E-state index contributed by atoms with van der Waals surface area (Å²) in [5, 5.41) is 19.7. The van der Waals surface area contributed by atoms with E-state index >= 15 is 0 Å². The van der Waals surface area contributed by atoms with Crippen LogP contribution in [0.1, 0.15) is 12.8 Å². The quantitative estimate of drug-likeness (QED) is 0.184. The van der Waals surface area contributed by atoms with Gasteiger partial charge in [0.1, 0.15) is 0 Å². The Labute approximate surface area is 225 Å². The summed E-state index contributed by atoms with van der Waals surface area (Å²) in [7, 11) is -11.4. The van der Waals surface area contributed by atoms with Gasteiger partial charge in [-0.2, -0.15) is 11.8 Å². The molecule has 0 aliphatic rings. The Kier molecular flexibility index (Phi) is 32.4. The zero-order chi connectivity index (χ0) is 16.4. The van der Waals surface area contributed by atoms with Crippen molar-refractivity contribution in [2.75, 3.05) is 11.5 Å². The van der Waals surface area contributed by atoms with Crippen molar-refractivity contribution in [1.29, 1.82) is 0 Å². The molecule has 11 nitrogen and oxygen atoms in total. The van der Waals surface area contributed by atoms with Gasteiger partial charge in [-0.1, -0.05) is 0 Å². The van der Waals surface area contributed by atoms with Gasteiger partial charge in [0.05, 0.1) is 15.6 Å². The van der Waals surface area contributed by atoms with Gasteiger partial charge in [-0.3, -0.25) is 0 Å². The minimum absolute atomic E-state index is 0. The maximum atomic E-state index is 9.84. The van der Waals surface area contributed by atoms with E-state index in [2.05, 4.69) is 4.31 Å². The Morgan fingerprint density at radius 1 is 0.783 bits per heavy atom. The fraction of sp³-hybridized carbons (Fsp3) is 0.667. The first-order valence-corrected chi connectivity index (χ1v) is 8.64. The van der Waals surface area contributed by atoms with Crippen LogP contribution in [-0.2, 0) is 23.0 Å². The Bertz CT molecular complexity index is 375. The molecule has 0 bridgehead atoms. The van der Waals surface area contributed by atoms with Crippen molar-refractivity contribution >= 4 is 153 Å². The number of rotatable bonds is 8. The van der Waals surface area contributed by atoms with Crippen LogP contribution in [0.3, 0.4) is 0 Å². The minimum atomic E-state index is -5.68. The summed E-state index contributed by atoms with van der Waals surface area (Å²) >= 11 is 1.27. The molecule has 0 aromatic heterocycles. The van der Waals surface area contributed by atoms with Crippen molar-refractivity contribution in [2.45, 2.75) is 12.8 Å². The predicted octanol–water partition coefficient (Wildman–Crippen LogP) is -6.48. The summed E-state index contributed by atoms with van der Waals surface area (Å²) in [6.07, 6.45) is -0.0601. The molecule has 0 aliphatic heterocycles. The second-order valence-electron chi connectivity index (χ2n) is 2.83. The van der Waals surface area contributed by atoms with Gasteiger partial charge in [-0.15, -0.1) is 0 Å². The standard InChI is InChI=1S/C6H10O4S.3Ca.H4O7P2/c7-5(8)1-3-11-4-2-6(9)10;;;;1-8(2,3)7-9(4,5)6/h1-4H2,(H,7,8)(H,9,10);;;;(H2,1,2,3)(H2,4,5,6)/q;3*+2;/p-6. The van der Waals surface area contributed by atoms with Crippen LogP contribution in [-0.4, -0.2) is 137 Å². The Morgan fingerprint density at radius 3 is 1.17 bits per heavy atom. The van der Waals surface area contributed by atoms with Crippen molar-refractivity contribution in [3.05, 3.63) is 0 Å². The number of carbonyl (C=O) groups is 2. The molecule has 0 unspecified atom stereocenters. The van der Waals surface area contributed by atoms with Gasteiger partial charge < -0.3 is 52.8 Å². The predicted molar refractivity (Wildman–Crippen MR) is 70.1 cm³/mol. The maximum absolute atomic E-state index is 9.84. The zero-order valence-electron chi connectivity index (χ0n) is 11.7. The van der Waals surface area contributed by atoms with E-state index < -0.39 is 27.6 Å². The number of hydrogen-bond donors (Lipinski definition) is 0. The van der Waals surface area contributed by atoms with Crippen molar-refractivity contribution in [3.8, 4) is 0 Å². The Balaban J connectivity index is -0.0000000843. The third-order valence-corrected chi connectivity index (χ3v) is 3.69. The molecule has 0 amide bonds. The SMILES string of the molecule is O=C([O-])CCSCCC(=O)[O-].O=P([O-])([O-])OP(=O)([O-])[O-].[Ca+2].[Ca+2].[Ca+2]. The number of thioether (sulfide) groups is 1. The van der Waals surface area contributed by atoms with Gasteiger partial charge >= 0.3 is 113 Å². The average molecular weight is 470 g/mol. The van der Waals surface area contributed by atoms with E-state index in [1.54, 1.807) is 0 Å². The molecule has 0 saturated carbocycles. The molecule has 17 heteroatoms. The molecule has 0 spiro atoms. The average Bonchev–Trinajstić information content (AvgIpc) is 2.10. The van der Waals surface area contributed by atoms with Gasteiger partial charge in [0.2, 0.25) is 0 Å². The van der Waals surface area contributed by atoms with E-state index in [-0.39, 0.29) is 126 Å². The van der Waals surface area contributed by atoms with Crippen molar-refractivity contribution in [1.82, 2.24) is 0 Å². The van der Waals surface area contributed by atoms with Gasteiger partial charge in [-0.05, 0) is 24.3 Å². The molecular formula is C6H8Ca3O11P2S. The molecule has 0 radical (unpaired) electrons. The molecule has 120 valence electrons. The molecule has 0 N–H and O–H groups in total. The summed E-state index contributed by atoms with van der Waals surface area (Å²) in [6.45, 7) is 0. The normalized spacial score (nSPS) is 9.91. The number of carboxylic acids is 2. The van der Waals surface area contributed by atoms with Crippen LogP contribution >= 0.6 is 27.4 Å². The molecule has 0 saturated heterocycles. The smallest absolute Gasteiger partial charge is 0.790 e. The summed E-state index contributed by atoms with van der Waals surface area (Å²) in [4.78, 5) is 57.0. The first-order chi connectivity index (χ1) is 8.83. The molecule has 0 fully saturated rings. The van der Waals surface area contributed by atoms with Crippen LogP contribution in [0.5, 0.6) is 0 Å². The molecule has 0 atom stereocenters. The van der Waals surface area contributed by atoms with Crippen molar-refractivity contribution < 1.29 is 52.8 Å². The second kappa shape index (κ2) is 20.1. The fourth-order valence-electron chi connectivity index (χ4n) is 0.536. The van der Waals surface area contributed by atoms with Gasteiger partial charge in [0, 0.05) is 11.9 Å². The van der Waals surface area contributed by atoms with Gasteiger partial charge in [-0.25, -0.2) is 0 Å². The van der Waals surface area contributed by atoms with E-state index in [9.17, 15) is 48.5 Å². The van der Waals surface area contributed by atoms with Gasteiger partial charge in [0.25, 0.3) is 0 Å². The first kappa shape index (κ1) is 37.1. The van der Waals surface area contributed by atoms with E-state index in [0.717, 1.165) is 0 Å².